The third kappa shape index (κ3) is 21.6. The normalized spacial score (nSPS) is 11.0. The van der Waals surface area contributed by atoms with E-state index in [9.17, 15) is 14.4 Å². The van der Waals surface area contributed by atoms with Crippen LogP contribution in [0.15, 0.2) is 165 Å². The Labute approximate surface area is 489 Å². The molecule has 0 unspecified atom stereocenters. The quantitative estimate of drug-likeness (QED) is 0.0156. The molecule has 7 rings (SSSR count). The lowest BCUT2D eigenvalue weighted by molar-refractivity contribution is 0.0490. The number of ether oxygens (including phenoxy) is 8. The predicted molar refractivity (Wildman–Crippen MR) is 328 cm³/mol. The number of nitrogens with zero attached hydrogens (tertiary/aromatic N) is 1. The van der Waals surface area contributed by atoms with Crippen LogP contribution in [0.3, 0.4) is 0 Å². The minimum absolute atomic E-state index is 0.0215. The summed E-state index contributed by atoms with van der Waals surface area (Å²) in [6, 6.07) is 44.1. The van der Waals surface area contributed by atoms with Gasteiger partial charge in [0, 0.05) is 13.2 Å². The number of carbonyl (C=O) groups is 3. The molecule has 0 radical (unpaired) electrons. The second-order valence-corrected chi connectivity index (χ2v) is 20.5. The average molecular weight is 1120 g/mol. The third-order valence-corrected chi connectivity index (χ3v) is 14.0. The van der Waals surface area contributed by atoms with Crippen LogP contribution in [0.25, 0.3) is 32.7 Å². The highest BCUT2D eigenvalue weighted by Crippen LogP contribution is 2.30. The monoisotopic (exact) mass is 1120 g/mol. The molecule has 0 aromatic heterocycles. The van der Waals surface area contributed by atoms with Gasteiger partial charge < -0.3 is 37.9 Å². The molecular formula is C71H79NO11. The maximum Gasteiger partial charge on any atom is 0.343 e. The molecule has 0 bridgehead atoms. The zero-order valence-corrected chi connectivity index (χ0v) is 48.0. The highest BCUT2D eigenvalue weighted by Gasteiger charge is 2.21. The molecular weight excluding hydrogens is 1040 g/mol. The number of hydrogen-bond donors (Lipinski definition) is 0. The highest BCUT2D eigenvalue weighted by atomic mass is 16.6. The zero-order valence-electron chi connectivity index (χ0n) is 48.0. The molecule has 0 saturated heterocycles. The van der Waals surface area contributed by atoms with E-state index in [-0.39, 0.29) is 23.7 Å². The molecule has 0 aliphatic rings. The van der Waals surface area contributed by atoms with Crippen LogP contribution >= 0.6 is 0 Å². The van der Waals surface area contributed by atoms with Gasteiger partial charge >= 0.3 is 17.9 Å². The summed E-state index contributed by atoms with van der Waals surface area (Å²) in [5, 5.41) is 12.5. The van der Waals surface area contributed by atoms with Crippen molar-refractivity contribution in [2.75, 3.05) is 52.9 Å². The summed E-state index contributed by atoms with van der Waals surface area (Å²) in [5.41, 5.74) is 3.36. The van der Waals surface area contributed by atoms with Crippen molar-refractivity contribution in [3.8, 4) is 45.9 Å². The Morgan fingerprint density at radius 3 is 1.28 bits per heavy atom. The van der Waals surface area contributed by atoms with Gasteiger partial charge in [0.15, 0.2) is 0 Å². The van der Waals surface area contributed by atoms with E-state index in [2.05, 4.69) is 19.2 Å². The Hall–Kier alpha value is -8.24. The van der Waals surface area contributed by atoms with E-state index in [0.717, 1.165) is 166 Å². The number of rotatable bonds is 39. The van der Waals surface area contributed by atoms with Crippen molar-refractivity contribution in [2.24, 2.45) is 0 Å². The van der Waals surface area contributed by atoms with Crippen molar-refractivity contribution < 1.29 is 52.3 Å². The SMILES string of the molecule is C=CCOCCCCCCOc1ccc2cc(C(=O)Oc3ccc(OC(=O)c4ccc5cc(OCCCCCCOCC=C)ccc5c4)c(C(=O)OCCCCCCCCCCCOc4ccc(-c5ccc(C#N)cc5)cc4)c3)ccc2c1. The molecule has 434 valence electrons. The second-order valence-electron chi connectivity index (χ2n) is 20.5. The summed E-state index contributed by atoms with van der Waals surface area (Å²) in [7, 11) is 0. The van der Waals surface area contributed by atoms with Crippen LogP contribution in [0.2, 0.25) is 0 Å². The molecule has 0 aliphatic carbocycles. The molecule has 0 N–H and O–H groups in total. The summed E-state index contributed by atoms with van der Waals surface area (Å²) in [6.45, 7) is 12.0. The van der Waals surface area contributed by atoms with Crippen LogP contribution in [-0.2, 0) is 14.2 Å². The Morgan fingerprint density at radius 2 is 0.783 bits per heavy atom. The first-order chi connectivity index (χ1) is 40.8. The highest BCUT2D eigenvalue weighted by molar-refractivity contribution is 6.00. The van der Waals surface area contributed by atoms with Gasteiger partial charge in [-0.2, -0.15) is 5.26 Å². The zero-order chi connectivity index (χ0) is 58.1. The van der Waals surface area contributed by atoms with Gasteiger partial charge in [-0.05, 0) is 175 Å². The molecule has 12 nitrogen and oxygen atoms in total. The van der Waals surface area contributed by atoms with Gasteiger partial charge in [-0.1, -0.05) is 118 Å². The molecule has 7 aromatic carbocycles. The molecule has 0 amide bonds. The van der Waals surface area contributed by atoms with E-state index in [1.807, 2.05) is 97.1 Å². The van der Waals surface area contributed by atoms with Gasteiger partial charge in [-0.15, -0.1) is 13.2 Å². The Morgan fingerprint density at radius 1 is 0.386 bits per heavy atom. The molecule has 0 spiro atoms. The number of fused-ring (bicyclic) bond motifs is 2. The summed E-state index contributed by atoms with van der Waals surface area (Å²) in [4.78, 5) is 41.2. The second kappa shape index (κ2) is 35.6. The van der Waals surface area contributed by atoms with Gasteiger partial charge in [0.1, 0.15) is 34.3 Å². The van der Waals surface area contributed by atoms with Crippen LogP contribution in [-0.4, -0.2) is 70.8 Å². The summed E-state index contributed by atoms with van der Waals surface area (Å²) < 4.78 is 46.5. The molecule has 0 atom stereocenters. The van der Waals surface area contributed by atoms with Crippen LogP contribution in [0.5, 0.6) is 28.7 Å². The van der Waals surface area contributed by atoms with E-state index in [1.165, 1.54) is 18.2 Å². The molecule has 0 fully saturated rings. The van der Waals surface area contributed by atoms with E-state index >= 15 is 0 Å². The lowest BCUT2D eigenvalue weighted by Gasteiger charge is -2.13. The number of benzene rings is 7. The van der Waals surface area contributed by atoms with Crippen LogP contribution in [0.1, 0.15) is 146 Å². The number of unbranched alkanes of at least 4 members (excludes halogenated alkanes) is 14. The Bertz CT molecular complexity index is 3200. The molecule has 7 aromatic rings. The van der Waals surface area contributed by atoms with Crippen molar-refractivity contribution in [3.05, 3.63) is 187 Å². The van der Waals surface area contributed by atoms with E-state index in [0.29, 0.717) is 56.1 Å². The molecule has 12 heteroatoms. The average Bonchev–Trinajstić information content (AvgIpc) is 3.72. The first-order valence-electron chi connectivity index (χ1n) is 29.5. The van der Waals surface area contributed by atoms with Crippen molar-refractivity contribution in [2.45, 2.75) is 109 Å². The molecule has 0 heterocycles. The topological polar surface area (TPSA) is 149 Å². The van der Waals surface area contributed by atoms with Gasteiger partial charge in [-0.3, -0.25) is 0 Å². The molecule has 0 aliphatic heterocycles. The van der Waals surface area contributed by atoms with Gasteiger partial charge in [0.2, 0.25) is 0 Å². The first-order valence-corrected chi connectivity index (χ1v) is 29.5. The Balaban J connectivity index is 0.877. The number of carbonyl (C=O) groups excluding carboxylic acids is 3. The van der Waals surface area contributed by atoms with E-state index in [1.54, 1.807) is 36.4 Å². The van der Waals surface area contributed by atoms with E-state index < -0.39 is 17.9 Å². The van der Waals surface area contributed by atoms with Crippen LogP contribution in [0, 0.1) is 11.3 Å². The fourth-order valence-corrected chi connectivity index (χ4v) is 9.41. The maximum absolute atomic E-state index is 13.8. The number of nitriles is 1. The number of esters is 3. The smallest absolute Gasteiger partial charge is 0.343 e. The van der Waals surface area contributed by atoms with Crippen molar-refractivity contribution in [1.29, 1.82) is 5.26 Å². The fourth-order valence-electron chi connectivity index (χ4n) is 9.41. The summed E-state index contributed by atoms with van der Waals surface area (Å²) in [6.07, 6.45) is 20.8. The molecule has 83 heavy (non-hydrogen) atoms. The lowest BCUT2D eigenvalue weighted by Crippen LogP contribution is -2.14. The van der Waals surface area contributed by atoms with Crippen molar-refractivity contribution in [1.82, 2.24) is 0 Å². The maximum atomic E-state index is 13.8. The van der Waals surface area contributed by atoms with Gasteiger partial charge in [-0.25, -0.2) is 14.4 Å². The minimum Gasteiger partial charge on any atom is -0.494 e. The van der Waals surface area contributed by atoms with Gasteiger partial charge in [0.25, 0.3) is 0 Å². The first kappa shape index (κ1) is 62.4. The third-order valence-electron chi connectivity index (χ3n) is 14.0. The fraction of sp³-hybridized carbons (Fsp3) is 0.352. The van der Waals surface area contributed by atoms with Crippen molar-refractivity contribution in [3.63, 3.8) is 0 Å². The molecule has 0 saturated carbocycles. The standard InChI is InChI=1S/C71H79NO11/c1-3-40-76-42-16-12-14-19-45-79-64-36-32-57-48-61(28-26-59(57)50-64)69(73)82-66-38-39-68(83-70(74)62-29-27-60-51-65(37-33-58(60)49-62)80-46-20-15-13-17-43-77-41-4-2)67(52-66)71(75)81-47-21-11-9-7-5-6-8-10-18-44-78-63-34-30-56(31-35-63)55-24-22-54(53-72)23-25-55/h3-4,22-39,48-52H,1-2,5-21,40-47H2. The van der Waals surface area contributed by atoms with Gasteiger partial charge in [0.05, 0.1) is 62.4 Å². The van der Waals surface area contributed by atoms with Crippen LogP contribution < -0.4 is 23.7 Å². The van der Waals surface area contributed by atoms with Crippen LogP contribution in [0.4, 0.5) is 0 Å². The summed E-state index contributed by atoms with van der Waals surface area (Å²) >= 11 is 0. The largest absolute Gasteiger partial charge is 0.494 e. The minimum atomic E-state index is -0.698. The predicted octanol–water partition coefficient (Wildman–Crippen LogP) is 17.0. The van der Waals surface area contributed by atoms with E-state index in [4.69, 9.17) is 43.2 Å². The summed E-state index contributed by atoms with van der Waals surface area (Å²) in [5.74, 6) is 0.438. The lowest BCUT2D eigenvalue weighted by atomic mass is 10.0. The van der Waals surface area contributed by atoms with Crippen molar-refractivity contribution >= 4 is 39.5 Å². The number of hydrogen-bond acceptors (Lipinski definition) is 12. The Kier molecular flexibility index (Phi) is 26.7.